The maximum absolute atomic E-state index is 12.9. The third-order valence-corrected chi connectivity index (χ3v) is 14.1. The molecule has 0 aliphatic heterocycles. The molecule has 0 amide bonds. The Kier molecular flexibility index (Phi) is 61.4. The highest BCUT2D eigenvalue weighted by atomic mass is 16.7. The number of aliphatic carboxylic acids is 1. The first kappa shape index (κ1) is 80.2. The Morgan fingerprint density at radius 3 is 1.01 bits per heavy atom. The molecule has 2 atom stereocenters. The molecule has 0 saturated heterocycles. The molecule has 1 N–H and O–H groups in total. The van der Waals surface area contributed by atoms with Gasteiger partial charge in [0.25, 0.3) is 6.29 Å². The summed E-state index contributed by atoms with van der Waals surface area (Å²) in [6.07, 6.45) is 92.3. The third kappa shape index (κ3) is 66.5. The van der Waals surface area contributed by atoms with Gasteiger partial charge >= 0.3 is 17.9 Å². The molecule has 0 saturated carbocycles. The molecule has 85 heavy (non-hydrogen) atoms. The van der Waals surface area contributed by atoms with E-state index in [1.54, 1.807) is 0 Å². The summed E-state index contributed by atoms with van der Waals surface area (Å²) in [5, 5.41) is 9.74. The Balaban J connectivity index is 4.27. The number of likely N-dealkylation sites (N-methyl/N-ethyl adjacent to an activating group) is 1. The minimum atomic E-state index is -1.53. The fourth-order valence-electron chi connectivity index (χ4n) is 8.90. The lowest BCUT2D eigenvalue weighted by Gasteiger charge is -2.25. The van der Waals surface area contributed by atoms with Crippen molar-refractivity contribution in [1.29, 1.82) is 0 Å². The van der Waals surface area contributed by atoms with Crippen LogP contribution in [0.25, 0.3) is 0 Å². The lowest BCUT2D eigenvalue weighted by Crippen LogP contribution is -2.40. The predicted molar refractivity (Wildman–Crippen MR) is 364 cm³/mol. The van der Waals surface area contributed by atoms with E-state index in [9.17, 15) is 19.5 Å². The number of unbranched alkanes of at least 4 members (excludes halogenated alkanes) is 22. The van der Waals surface area contributed by atoms with Crippen LogP contribution in [0.1, 0.15) is 258 Å². The van der Waals surface area contributed by atoms with E-state index in [2.05, 4.69) is 160 Å². The smallest absolute Gasteiger partial charge is 0.361 e. The molecule has 9 nitrogen and oxygen atoms in total. The number of carbonyl (C=O) groups is 3. The van der Waals surface area contributed by atoms with Crippen LogP contribution in [0.4, 0.5) is 0 Å². The van der Waals surface area contributed by atoms with Gasteiger partial charge in [0.15, 0.2) is 6.10 Å². The molecule has 0 rings (SSSR count). The highest BCUT2D eigenvalue weighted by Gasteiger charge is 2.25. The second-order valence-corrected chi connectivity index (χ2v) is 23.4. The van der Waals surface area contributed by atoms with Crippen LogP contribution in [0.5, 0.6) is 0 Å². The maximum atomic E-state index is 12.9. The van der Waals surface area contributed by atoms with Crippen molar-refractivity contribution in [2.75, 3.05) is 47.5 Å². The fraction of sp³-hybridized carbons (Fsp3) is 0.645. The number of ether oxygens (including phenoxy) is 4. The molecule has 0 heterocycles. The van der Waals surface area contributed by atoms with Gasteiger partial charge in [0.05, 0.1) is 34.4 Å². The van der Waals surface area contributed by atoms with Crippen molar-refractivity contribution in [2.45, 2.75) is 270 Å². The Bertz CT molecular complexity index is 1900. The molecule has 0 bridgehead atoms. The van der Waals surface area contributed by atoms with E-state index >= 15 is 0 Å². The monoisotopic (exact) mass is 1180 g/mol. The average Bonchev–Trinajstić information content (AvgIpc) is 3.49. The Morgan fingerprint density at radius 1 is 0.365 bits per heavy atom. The minimum Gasteiger partial charge on any atom is -0.477 e. The summed E-state index contributed by atoms with van der Waals surface area (Å²) in [7, 11) is 5.95. The lowest BCUT2D eigenvalue weighted by atomic mass is 10.0. The average molecular weight is 1180 g/mol. The van der Waals surface area contributed by atoms with Gasteiger partial charge in [-0.25, -0.2) is 4.79 Å². The summed E-state index contributed by atoms with van der Waals surface area (Å²) in [5.41, 5.74) is 0. The van der Waals surface area contributed by atoms with Crippen molar-refractivity contribution < 1.29 is 42.9 Å². The zero-order chi connectivity index (χ0) is 61.9. The molecule has 0 aromatic carbocycles. The fourth-order valence-corrected chi connectivity index (χ4v) is 8.90. The van der Waals surface area contributed by atoms with E-state index < -0.39 is 24.3 Å². The van der Waals surface area contributed by atoms with Crippen LogP contribution >= 0.6 is 0 Å². The van der Waals surface area contributed by atoms with E-state index in [0.717, 1.165) is 109 Å². The summed E-state index contributed by atoms with van der Waals surface area (Å²) in [6, 6.07) is 0. The number of carboxylic acids is 1. The summed E-state index contributed by atoms with van der Waals surface area (Å²) in [5.74, 6) is -2.06. The second kappa shape index (κ2) is 65.2. The highest BCUT2D eigenvalue weighted by molar-refractivity contribution is 5.71. The highest BCUT2D eigenvalue weighted by Crippen LogP contribution is 2.16. The number of esters is 2. The Morgan fingerprint density at radius 2 is 0.671 bits per heavy atom. The first-order valence-corrected chi connectivity index (χ1v) is 34.0. The molecule has 2 unspecified atom stereocenters. The van der Waals surface area contributed by atoms with Gasteiger partial charge in [-0.3, -0.25) is 9.59 Å². The summed E-state index contributed by atoms with van der Waals surface area (Å²) < 4.78 is 22.9. The molecule has 9 heteroatoms. The standard InChI is InChI=1S/C76H125NO8/c1-6-8-10-12-14-16-18-20-22-24-26-28-30-32-34-36-37-39-41-43-45-47-49-51-53-55-57-59-61-63-65-67-74(79)85-72(71-84-76(75(80)81)82-69-68-77(3,4)5)70-83-73(78)66-64-62-60-58-56-54-52-50-48-46-44-42-40-38-35-33-31-29-27-25-23-21-19-17-15-13-11-9-7-2/h8,10,14,16,19-22,25-28,31-34,37,39,43,45,49,51,55,57,72,76H,6-7,9,11-13,15,17-18,23-24,29-30,35-36,38,40-42,44,46-48,50,52-54,56,58-71H2,1-5H3/p+1/b10-8-,16-14-,21-19-,22-20-,27-25-,28-26-,33-31-,34-32-,39-37-,45-43-,51-49-,57-55-. The molecule has 0 aliphatic rings. The number of carboxylic acid groups (broad SMARTS) is 1. The largest absolute Gasteiger partial charge is 0.477 e. The summed E-state index contributed by atoms with van der Waals surface area (Å²) in [6.45, 7) is 4.71. The Labute approximate surface area is 522 Å². The van der Waals surface area contributed by atoms with Crippen LogP contribution in [-0.2, 0) is 33.3 Å². The predicted octanol–water partition coefficient (Wildman–Crippen LogP) is 21.1. The zero-order valence-corrected chi connectivity index (χ0v) is 55.0. The first-order valence-electron chi connectivity index (χ1n) is 34.0. The normalized spacial score (nSPS) is 13.7. The van der Waals surface area contributed by atoms with Crippen LogP contribution in [-0.4, -0.2) is 87.4 Å². The number of hydrogen-bond donors (Lipinski definition) is 1. The molecule has 0 aromatic heterocycles. The number of quaternary nitrogens is 1. The number of nitrogens with zero attached hydrogens (tertiary/aromatic N) is 1. The lowest BCUT2D eigenvalue weighted by molar-refractivity contribution is -0.870. The van der Waals surface area contributed by atoms with Gasteiger partial charge < -0.3 is 28.5 Å². The van der Waals surface area contributed by atoms with E-state index in [1.807, 2.05) is 21.1 Å². The van der Waals surface area contributed by atoms with Gasteiger partial charge in [0.2, 0.25) is 0 Å². The van der Waals surface area contributed by atoms with Crippen molar-refractivity contribution in [3.8, 4) is 0 Å². The van der Waals surface area contributed by atoms with E-state index in [0.29, 0.717) is 17.4 Å². The molecule has 0 aromatic rings. The quantitative estimate of drug-likeness (QED) is 0.0211. The van der Waals surface area contributed by atoms with E-state index in [-0.39, 0.29) is 38.6 Å². The molecular formula is C76H126NO8+. The molecule has 0 spiro atoms. The topological polar surface area (TPSA) is 108 Å². The molecule has 482 valence electrons. The number of carbonyl (C=O) groups excluding carboxylic acids is 2. The summed E-state index contributed by atoms with van der Waals surface area (Å²) in [4.78, 5) is 37.6. The van der Waals surface area contributed by atoms with Crippen molar-refractivity contribution in [1.82, 2.24) is 0 Å². The molecule has 0 fully saturated rings. The van der Waals surface area contributed by atoms with Gasteiger partial charge in [-0.05, 0) is 122 Å². The van der Waals surface area contributed by atoms with Crippen LogP contribution in [0.2, 0.25) is 0 Å². The third-order valence-electron chi connectivity index (χ3n) is 14.1. The van der Waals surface area contributed by atoms with Gasteiger partial charge in [-0.15, -0.1) is 0 Å². The van der Waals surface area contributed by atoms with Gasteiger partial charge in [0, 0.05) is 12.8 Å². The van der Waals surface area contributed by atoms with E-state index in [1.165, 1.54) is 116 Å². The van der Waals surface area contributed by atoms with Gasteiger partial charge in [-0.1, -0.05) is 269 Å². The SMILES string of the molecule is CC/C=C\C/C=C\C/C=C\C/C=C\C/C=C\C/C=C\C/C=C\C/C=C\C/C=C\CCCCCC(=O)OC(COC(=O)CCCCCCCCCCCCCCCC/C=C\C/C=C\C/C=C\CCCCCCC)COC(OCC[N+](C)(C)C)C(=O)O. The van der Waals surface area contributed by atoms with Crippen LogP contribution in [0.3, 0.4) is 0 Å². The summed E-state index contributed by atoms with van der Waals surface area (Å²) >= 11 is 0. The van der Waals surface area contributed by atoms with Crippen molar-refractivity contribution in [3.63, 3.8) is 0 Å². The van der Waals surface area contributed by atoms with Crippen molar-refractivity contribution >= 4 is 17.9 Å². The van der Waals surface area contributed by atoms with Crippen molar-refractivity contribution in [2.24, 2.45) is 0 Å². The number of allylic oxidation sites excluding steroid dienone is 24. The van der Waals surface area contributed by atoms with Crippen LogP contribution in [0, 0.1) is 0 Å². The van der Waals surface area contributed by atoms with Gasteiger partial charge in [-0.2, -0.15) is 0 Å². The minimum absolute atomic E-state index is 0.173. The number of rotatable bonds is 61. The molecular weight excluding hydrogens is 1050 g/mol. The Hall–Kier alpha value is -4.83. The molecule has 0 radical (unpaired) electrons. The van der Waals surface area contributed by atoms with Crippen LogP contribution < -0.4 is 0 Å². The van der Waals surface area contributed by atoms with Crippen molar-refractivity contribution in [3.05, 3.63) is 146 Å². The maximum Gasteiger partial charge on any atom is 0.361 e. The van der Waals surface area contributed by atoms with Crippen LogP contribution in [0.15, 0.2) is 146 Å². The van der Waals surface area contributed by atoms with Gasteiger partial charge in [0.1, 0.15) is 13.2 Å². The van der Waals surface area contributed by atoms with E-state index in [4.69, 9.17) is 18.9 Å². The zero-order valence-electron chi connectivity index (χ0n) is 55.0. The number of hydrogen-bond acceptors (Lipinski definition) is 7. The second-order valence-electron chi connectivity index (χ2n) is 23.4. The first-order chi connectivity index (χ1) is 41.6. The molecule has 0 aliphatic carbocycles.